The van der Waals surface area contributed by atoms with Crippen molar-refractivity contribution in [1.29, 1.82) is 15.8 Å². The van der Waals surface area contributed by atoms with Crippen LogP contribution < -0.4 is 5.73 Å². The number of benzene rings is 1. The highest BCUT2D eigenvalue weighted by molar-refractivity contribution is 6.30. The second-order valence-corrected chi connectivity index (χ2v) is 7.42. The van der Waals surface area contributed by atoms with Crippen LogP contribution in [-0.4, -0.2) is 29.5 Å². The Morgan fingerprint density at radius 3 is 2.62 bits per heavy atom. The van der Waals surface area contributed by atoms with Crippen molar-refractivity contribution in [3.8, 4) is 18.2 Å². The second-order valence-electron chi connectivity index (χ2n) is 6.99. The molecule has 1 aliphatic heterocycles. The Kier molecular flexibility index (Phi) is 5.31. The summed E-state index contributed by atoms with van der Waals surface area (Å²) < 4.78 is 0. The van der Waals surface area contributed by atoms with Crippen LogP contribution in [0.5, 0.6) is 0 Å². The molecule has 3 rings (SSSR count). The molecule has 1 heterocycles. The van der Waals surface area contributed by atoms with Crippen LogP contribution in [0.2, 0.25) is 5.02 Å². The smallest absolute Gasteiger partial charge is 0.274 e. The first-order valence-electron chi connectivity index (χ1n) is 8.94. The molecule has 0 spiro atoms. The highest BCUT2D eigenvalue weighted by Gasteiger charge is 2.55. The van der Waals surface area contributed by atoms with Crippen molar-refractivity contribution in [2.24, 2.45) is 17.1 Å². The van der Waals surface area contributed by atoms with E-state index in [1.165, 1.54) is 18.2 Å². The predicted octanol–water partition coefficient (Wildman–Crippen LogP) is 2.99. The van der Waals surface area contributed by atoms with Gasteiger partial charge in [-0.25, -0.2) is 0 Å². The van der Waals surface area contributed by atoms with Gasteiger partial charge in [-0.2, -0.15) is 15.8 Å². The highest BCUT2D eigenvalue weighted by Crippen LogP contribution is 2.55. The van der Waals surface area contributed by atoms with Crippen LogP contribution in [0.25, 0.3) is 0 Å². The summed E-state index contributed by atoms with van der Waals surface area (Å²) in [6.45, 7) is 3.71. The maximum Gasteiger partial charge on any atom is 0.274 e. The summed E-state index contributed by atoms with van der Waals surface area (Å²) in [5.41, 5.74) is 4.80. The summed E-state index contributed by atoms with van der Waals surface area (Å²) in [5.74, 6) is -1.40. The molecule has 0 fully saturated rings. The number of likely N-dealkylation sites (N-methyl/N-ethyl adjacent to an activating group) is 1. The van der Waals surface area contributed by atoms with Gasteiger partial charge in [-0.1, -0.05) is 30.7 Å². The van der Waals surface area contributed by atoms with Crippen LogP contribution in [0, 0.1) is 55.4 Å². The molecule has 2 atom stereocenters. The Hall–Kier alpha value is -3.38. The molecule has 0 unspecified atom stereocenters. The third-order valence-electron chi connectivity index (χ3n) is 5.71. The second kappa shape index (κ2) is 7.56. The fourth-order valence-corrected chi connectivity index (χ4v) is 4.45. The lowest BCUT2D eigenvalue weighted by Crippen LogP contribution is -2.48. The summed E-state index contributed by atoms with van der Waals surface area (Å²) in [4.78, 5) is 13.3. The lowest BCUT2D eigenvalue weighted by Gasteiger charge is -2.45. The van der Waals surface area contributed by atoms with E-state index < -0.39 is 22.2 Å². The highest BCUT2D eigenvalue weighted by atomic mass is 35.5. The van der Waals surface area contributed by atoms with Crippen molar-refractivity contribution in [2.75, 3.05) is 19.6 Å². The topological polar surface area (TPSA) is 144 Å². The first-order valence-corrected chi connectivity index (χ1v) is 9.31. The van der Waals surface area contributed by atoms with Crippen LogP contribution in [0.4, 0.5) is 5.69 Å². The van der Waals surface area contributed by atoms with Gasteiger partial charge in [0, 0.05) is 41.6 Å². The number of halogens is 1. The standard InChI is InChI=1S/C20H17ClN6O2/c1-2-26-6-5-13-15(8-22)19(25)20(10-23,11-24)18(16(13)9-26)14-4-3-12(21)7-17(14)27(28)29/h3-5,7,16,18H,2,6,9,25H2,1H3/t16-,18-/m1/s1. The zero-order valence-electron chi connectivity index (χ0n) is 15.6. The number of nitro groups is 1. The molecule has 146 valence electrons. The first-order chi connectivity index (χ1) is 13.8. The van der Waals surface area contributed by atoms with E-state index in [9.17, 15) is 25.9 Å². The number of hydrogen-bond acceptors (Lipinski definition) is 7. The third kappa shape index (κ3) is 3.02. The number of allylic oxidation sites excluding steroid dienone is 2. The number of nitrogens with zero attached hydrogens (tertiary/aromatic N) is 5. The summed E-state index contributed by atoms with van der Waals surface area (Å²) in [6, 6.07) is 10.2. The van der Waals surface area contributed by atoms with E-state index in [1.54, 1.807) is 0 Å². The minimum Gasteiger partial charge on any atom is -0.399 e. The number of rotatable bonds is 3. The zero-order valence-corrected chi connectivity index (χ0v) is 16.3. The molecule has 8 nitrogen and oxygen atoms in total. The summed E-state index contributed by atoms with van der Waals surface area (Å²) >= 11 is 5.96. The molecule has 1 aromatic rings. The maximum absolute atomic E-state index is 11.7. The van der Waals surface area contributed by atoms with Gasteiger partial charge >= 0.3 is 0 Å². The average Bonchev–Trinajstić information content (AvgIpc) is 2.73. The molecule has 1 aliphatic carbocycles. The largest absolute Gasteiger partial charge is 0.399 e. The van der Waals surface area contributed by atoms with E-state index in [1.807, 2.05) is 31.2 Å². The molecular weight excluding hydrogens is 392 g/mol. The minimum absolute atomic E-state index is 0.113. The average molecular weight is 409 g/mol. The fourth-order valence-electron chi connectivity index (χ4n) is 4.28. The number of nitro benzene ring substituents is 1. The van der Waals surface area contributed by atoms with E-state index in [-0.39, 0.29) is 27.5 Å². The van der Waals surface area contributed by atoms with Gasteiger partial charge in [0.25, 0.3) is 5.69 Å². The van der Waals surface area contributed by atoms with Crippen molar-refractivity contribution in [3.63, 3.8) is 0 Å². The van der Waals surface area contributed by atoms with Gasteiger partial charge in [0.1, 0.15) is 6.07 Å². The molecule has 0 saturated carbocycles. The summed E-state index contributed by atoms with van der Waals surface area (Å²) in [6.07, 6.45) is 1.86. The van der Waals surface area contributed by atoms with Gasteiger partial charge in [0.2, 0.25) is 0 Å². The number of fused-ring (bicyclic) bond motifs is 1. The molecule has 0 bridgehead atoms. The number of nitrogens with two attached hydrogens (primary N) is 1. The monoisotopic (exact) mass is 408 g/mol. The molecule has 29 heavy (non-hydrogen) atoms. The summed E-state index contributed by atoms with van der Waals surface area (Å²) in [7, 11) is 0. The lowest BCUT2D eigenvalue weighted by molar-refractivity contribution is -0.385. The van der Waals surface area contributed by atoms with Crippen molar-refractivity contribution >= 4 is 17.3 Å². The molecule has 2 N–H and O–H groups in total. The van der Waals surface area contributed by atoms with Gasteiger partial charge < -0.3 is 5.73 Å². The van der Waals surface area contributed by atoms with Crippen LogP contribution >= 0.6 is 11.6 Å². The van der Waals surface area contributed by atoms with Crippen LogP contribution in [0.3, 0.4) is 0 Å². The predicted molar refractivity (Wildman–Crippen MR) is 105 cm³/mol. The summed E-state index contributed by atoms with van der Waals surface area (Å²) in [5, 5.41) is 41.7. The maximum atomic E-state index is 11.7. The van der Waals surface area contributed by atoms with Crippen molar-refractivity contribution in [2.45, 2.75) is 12.8 Å². The van der Waals surface area contributed by atoms with Gasteiger partial charge in [0.05, 0.1) is 28.3 Å². The zero-order chi connectivity index (χ0) is 21.3. The van der Waals surface area contributed by atoms with Gasteiger partial charge in [-0.05, 0) is 18.2 Å². The molecule has 0 amide bonds. The van der Waals surface area contributed by atoms with Crippen LogP contribution in [-0.2, 0) is 0 Å². The Bertz CT molecular complexity index is 1060. The van der Waals surface area contributed by atoms with E-state index in [0.29, 0.717) is 25.2 Å². The molecular formula is C20H17ClN6O2. The van der Waals surface area contributed by atoms with Crippen molar-refractivity contribution in [3.05, 3.63) is 61.8 Å². The van der Waals surface area contributed by atoms with Crippen molar-refractivity contribution < 1.29 is 4.92 Å². The Morgan fingerprint density at radius 1 is 1.38 bits per heavy atom. The molecule has 9 heteroatoms. The van der Waals surface area contributed by atoms with E-state index in [0.717, 1.165) is 0 Å². The van der Waals surface area contributed by atoms with Gasteiger partial charge in [-0.15, -0.1) is 0 Å². The molecule has 2 aliphatic rings. The molecule has 1 aromatic carbocycles. The SMILES string of the molecule is CCN1CC=C2C(C#N)=C(N)C(C#N)(C#N)[C@H](c3ccc(Cl)cc3[N+](=O)[O-])[C@@H]2C1. The van der Waals surface area contributed by atoms with Crippen LogP contribution in [0.15, 0.2) is 41.1 Å². The van der Waals surface area contributed by atoms with E-state index >= 15 is 0 Å². The molecule has 0 saturated heterocycles. The Balaban J connectivity index is 2.39. The lowest BCUT2D eigenvalue weighted by atomic mass is 9.58. The minimum atomic E-state index is -1.91. The normalized spacial score (nSPS) is 23.2. The number of hydrogen-bond donors (Lipinski definition) is 1. The quantitative estimate of drug-likeness (QED) is 0.597. The van der Waals surface area contributed by atoms with Crippen molar-refractivity contribution in [1.82, 2.24) is 4.90 Å². The van der Waals surface area contributed by atoms with E-state index in [2.05, 4.69) is 4.90 Å². The fraction of sp³-hybridized carbons (Fsp3) is 0.350. The third-order valence-corrected chi connectivity index (χ3v) is 5.95. The Morgan fingerprint density at radius 2 is 2.07 bits per heavy atom. The Labute approximate surface area is 172 Å². The number of nitriles is 3. The first kappa shape index (κ1) is 20.4. The van der Waals surface area contributed by atoms with Crippen LogP contribution in [0.1, 0.15) is 18.4 Å². The molecule has 0 radical (unpaired) electrons. The van der Waals surface area contributed by atoms with E-state index in [4.69, 9.17) is 17.3 Å². The molecule has 0 aromatic heterocycles. The van der Waals surface area contributed by atoms with Gasteiger partial charge in [0.15, 0.2) is 5.41 Å². The van der Waals surface area contributed by atoms with Gasteiger partial charge in [-0.3, -0.25) is 15.0 Å².